The van der Waals surface area contributed by atoms with Crippen molar-refractivity contribution in [3.8, 4) is 11.5 Å². The van der Waals surface area contributed by atoms with Crippen molar-refractivity contribution >= 4 is 11.6 Å². The molecule has 2 N–H and O–H groups in total. The predicted molar refractivity (Wildman–Crippen MR) is 104 cm³/mol. The molecule has 1 atom stereocenters. The normalized spacial score (nSPS) is 15.3. The van der Waals surface area contributed by atoms with Gasteiger partial charge < -0.3 is 20.1 Å². The Morgan fingerprint density at radius 2 is 1.67 bits per heavy atom. The molecule has 0 unspecified atom stereocenters. The number of carbonyl (C=O) groups is 1. The van der Waals surface area contributed by atoms with Gasteiger partial charge in [0.25, 0.3) is 5.91 Å². The van der Waals surface area contributed by atoms with Crippen molar-refractivity contribution in [3.63, 3.8) is 0 Å². The van der Waals surface area contributed by atoms with Crippen LogP contribution < -0.4 is 20.1 Å². The summed E-state index contributed by atoms with van der Waals surface area (Å²) in [7, 11) is 1.61. The molecule has 27 heavy (non-hydrogen) atoms. The summed E-state index contributed by atoms with van der Waals surface area (Å²) in [6.45, 7) is 0.438. The number of carbonyl (C=O) groups excluding carboxylic acids is 1. The smallest absolute Gasteiger partial charge is 0.255 e. The second-order valence-electron chi connectivity index (χ2n) is 6.28. The number of nitrogens with one attached hydrogen (secondary N) is 2. The van der Waals surface area contributed by atoms with Gasteiger partial charge in [-0.05, 0) is 35.4 Å². The second-order valence-corrected chi connectivity index (χ2v) is 6.28. The lowest BCUT2D eigenvalue weighted by Gasteiger charge is -2.28. The van der Waals surface area contributed by atoms with E-state index in [0.29, 0.717) is 23.7 Å². The molecule has 0 spiro atoms. The van der Waals surface area contributed by atoms with Gasteiger partial charge in [-0.15, -0.1) is 0 Å². The van der Waals surface area contributed by atoms with Crippen molar-refractivity contribution in [3.05, 3.63) is 89.5 Å². The SMILES string of the molecule is COc1ccc([C@H]2NC(=O)c3ccccc3N2)cc1OCc1ccccc1. The third kappa shape index (κ3) is 3.58. The molecule has 5 heteroatoms. The van der Waals surface area contributed by atoms with E-state index in [-0.39, 0.29) is 12.1 Å². The number of hydrogen-bond donors (Lipinski definition) is 2. The minimum atomic E-state index is -0.336. The molecule has 1 amide bonds. The average Bonchev–Trinajstić information content (AvgIpc) is 2.73. The second kappa shape index (κ2) is 7.41. The highest BCUT2D eigenvalue weighted by Gasteiger charge is 2.24. The van der Waals surface area contributed by atoms with Crippen LogP contribution in [0.3, 0.4) is 0 Å². The van der Waals surface area contributed by atoms with E-state index in [0.717, 1.165) is 16.8 Å². The number of ether oxygens (including phenoxy) is 2. The molecule has 0 saturated carbocycles. The largest absolute Gasteiger partial charge is 0.493 e. The molecule has 0 aliphatic carbocycles. The zero-order chi connectivity index (χ0) is 18.6. The number of fused-ring (bicyclic) bond motifs is 1. The van der Waals surface area contributed by atoms with Gasteiger partial charge in [0.1, 0.15) is 12.8 Å². The Morgan fingerprint density at radius 3 is 2.48 bits per heavy atom. The highest BCUT2D eigenvalue weighted by atomic mass is 16.5. The molecule has 0 aromatic heterocycles. The van der Waals surface area contributed by atoms with Crippen molar-refractivity contribution in [1.82, 2.24) is 5.32 Å². The number of methoxy groups -OCH3 is 1. The highest BCUT2D eigenvalue weighted by Crippen LogP contribution is 2.33. The van der Waals surface area contributed by atoms with Crippen LogP contribution >= 0.6 is 0 Å². The van der Waals surface area contributed by atoms with E-state index in [1.165, 1.54) is 0 Å². The van der Waals surface area contributed by atoms with Crippen LogP contribution in [0.1, 0.15) is 27.7 Å². The fourth-order valence-electron chi connectivity index (χ4n) is 3.10. The van der Waals surface area contributed by atoms with Gasteiger partial charge in [0, 0.05) is 5.69 Å². The maximum absolute atomic E-state index is 12.4. The summed E-state index contributed by atoms with van der Waals surface area (Å²) in [5.74, 6) is 1.18. The lowest BCUT2D eigenvalue weighted by molar-refractivity contribution is 0.0935. The Hall–Kier alpha value is -3.47. The van der Waals surface area contributed by atoms with E-state index in [1.54, 1.807) is 13.2 Å². The molecule has 4 rings (SSSR count). The maximum Gasteiger partial charge on any atom is 0.255 e. The van der Waals surface area contributed by atoms with Gasteiger partial charge in [0.05, 0.1) is 12.7 Å². The van der Waals surface area contributed by atoms with E-state index in [1.807, 2.05) is 66.7 Å². The van der Waals surface area contributed by atoms with Gasteiger partial charge in [-0.3, -0.25) is 4.79 Å². The van der Waals surface area contributed by atoms with Crippen molar-refractivity contribution in [2.24, 2.45) is 0 Å². The number of hydrogen-bond acceptors (Lipinski definition) is 4. The molecule has 3 aromatic carbocycles. The lowest BCUT2D eigenvalue weighted by Crippen LogP contribution is -2.38. The Bertz CT molecular complexity index is 957. The summed E-state index contributed by atoms with van der Waals surface area (Å²) in [6.07, 6.45) is -0.336. The summed E-state index contributed by atoms with van der Waals surface area (Å²) in [5, 5.41) is 6.33. The Morgan fingerprint density at radius 1 is 0.889 bits per heavy atom. The van der Waals surface area contributed by atoms with Crippen molar-refractivity contribution in [2.45, 2.75) is 12.8 Å². The molecular weight excluding hydrogens is 340 g/mol. The van der Waals surface area contributed by atoms with Gasteiger partial charge >= 0.3 is 0 Å². The molecule has 0 radical (unpaired) electrons. The van der Waals surface area contributed by atoms with Gasteiger partial charge in [0.15, 0.2) is 11.5 Å². The van der Waals surface area contributed by atoms with Gasteiger partial charge in [-0.2, -0.15) is 0 Å². The number of rotatable bonds is 5. The van der Waals surface area contributed by atoms with Crippen LogP contribution in [0.25, 0.3) is 0 Å². The van der Waals surface area contributed by atoms with E-state index in [2.05, 4.69) is 10.6 Å². The van der Waals surface area contributed by atoms with Crippen LogP contribution in [0.2, 0.25) is 0 Å². The first-order chi connectivity index (χ1) is 13.2. The van der Waals surface area contributed by atoms with Crippen LogP contribution in [0.4, 0.5) is 5.69 Å². The number of benzene rings is 3. The number of para-hydroxylation sites is 1. The standard InChI is InChI=1S/C22H20N2O3/c1-26-19-12-11-16(13-20(19)27-14-15-7-3-2-4-8-15)21-23-18-10-6-5-9-17(18)22(25)24-21/h2-13,21,23H,14H2,1H3,(H,24,25)/t21-/m1/s1. The molecule has 1 aliphatic rings. The minimum Gasteiger partial charge on any atom is -0.493 e. The van der Waals surface area contributed by atoms with Crippen molar-refractivity contribution in [2.75, 3.05) is 12.4 Å². The molecule has 3 aromatic rings. The van der Waals surface area contributed by atoms with Gasteiger partial charge in [-0.25, -0.2) is 0 Å². The summed E-state index contributed by atoms with van der Waals surface area (Å²) in [5.41, 5.74) is 3.42. The molecule has 0 bridgehead atoms. The molecule has 1 heterocycles. The molecule has 0 fully saturated rings. The Kier molecular flexibility index (Phi) is 4.66. The first kappa shape index (κ1) is 17.0. The van der Waals surface area contributed by atoms with Crippen molar-refractivity contribution < 1.29 is 14.3 Å². The van der Waals surface area contributed by atoms with E-state index in [9.17, 15) is 4.79 Å². The number of anilines is 1. The van der Waals surface area contributed by atoms with Crippen LogP contribution in [-0.4, -0.2) is 13.0 Å². The predicted octanol–water partition coefficient (Wildman–Crippen LogP) is 4.13. The van der Waals surface area contributed by atoms with Crippen molar-refractivity contribution in [1.29, 1.82) is 0 Å². The zero-order valence-corrected chi connectivity index (χ0v) is 14.9. The van der Waals surface area contributed by atoms with Gasteiger partial charge in [-0.1, -0.05) is 48.5 Å². The number of amides is 1. The molecule has 5 nitrogen and oxygen atoms in total. The third-order valence-electron chi connectivity index (χ3n) is 4.51. The lowest BCUT2D eigenvalue weighted by atomic mass is 10.1. The van der Waals surface area contributed by atoms with E-state index >= 15 is 0 Å². The average molecular weight is 360 g/mol. The fraction of sp³-hybridized carbons (Fsp3) is 0.136. The minimum absolute atomic E-state index is 0.100. The monoisotopic (exact) mass is 360 g/mol. The van der Waals surface area contributed by atoms with Gasteiger partial charge in [0.2, 0.25) is 0 Å². The Labute approximate surface area is 157 Å². The summed E-state index contributed by atoms with van der Waals surface area (Å²) in [4.78, 5) is 12.4. The van der Waals surface area contributed by atoms with Crippen LogP contribution in [-0.2, 0) is 6.61 Å². The van der Waals surface area contributed by atoms with Crippen LogP contribution in [0, 0.1) is 0 Å². The molecule has 136 valence electrons. The first-order valence-corrected chi connectivity index (χ1v) is 8.75. The Balaban J connectivity index is 1.58. The molecule has 0 saturated heterocycles. The third-order valence-corrected chi connectivity index (χ3v) is 4.51. The molecular formula is C22H20N2O3. The summed E-state index contributed by atoms with van der Waals surface area (Å²) in [6, 6.07) is 23.1. The first-order valence-electron chi connectivity index (χ1n) is 8.75. The van der Waals surface area contributed by atoms with Crippen LogP contribution in [0.15, 0.2) is 72.8 Å². The van der Waals surface area contributed by atoms with E-state index < -0.39 is 0 Å². The zero-order valence-electron chi connectivity index (χ0n) is 14.9. The quantitative estimate of drug-likeness (QED) is 0.718. The van der Waals surface area contributed by atoms with Crippen LogP contribution in [0.5, 0.6) is 11.5 Å². The fourth-order valence-corrected chi connectivity index (χ4v) is 3.10. The van der Waals surface area contributed by atoms with E-state index in [4.69, 9.17) is 9.47 Å². The summed E-state index contributed by atoms with van der Waals surface area (Å²) < 4.78 is 11.4. The maximum atomic E-state index is 12.4. The topological polar surface area (TPSA) is 59.6 Å². The highest BCUT2D eigenvalue weighted by molar-refractivity contribution is 6.01. The summed E-state index contributed by atoms with van der Waals surface area (Å²) >= 11 is 0. The molecule has 1 aliphatic heterocycles.